The standard InChI is InChI=1S/C8H6F3NO/c9-8(10,11)6-2-1-3-7(4-6)12-5-13/h2,4H,1,3H2. The summed E-state index contributed by atoms with van der Waals surface area (Å²) in [6, 6.07) is 0. The van der Waals surface area contributed by atoms with Crippen LogP contribution < -0.4 is 0 Å². The zero-order valence-electron chi connectivity index (χ0n) is 6.56. The number of aliphatic imine (C=N–C) groups is 1. The van der Waals surface area contributed by atoms with Crippen LogP contribution in [0.4, 0.5) is 13.2 Å². The molecule has 13 heavy (non-hydrogen) atoms. The second kappa shape index (κ2) is 3.58. The van der Waals surface area contributed by atoms with Crippen molar-refractivity contribution >= 4 is 6.08 Å². The minimum absolute atomic E-state index is 0.129. The number of hydrogen-bond acceptors (Lipinski definition) is 2. The number of isocyanates is 1. The van der Waals surface area contributed by atoms with E-state index in [1.54, 1.807) is 0 Å². The molecule has 0 aliphatic heterocycles. The van der Waals surface area contributed by atoms with Crippen molar-refractivity contribution in [3.8, 4) is 0 Å². The van der Waals surface area contributed by atoms with E-state index in [-0.39, 0.29) is 12.1 Å². The molecule has 0 saturated carbocycles. The van der Waals surface area contributed by atoms with Crippen LogP contribution in [0.25, 0.3) is 0 Å². The van der Waals surface area contributed by atoms with Crippen LogP contribution in [0.2, 0.25) is 0 Å². The molecule has 1 aliphatic rings. The van der Waals surface area contributed by atoms with E-state index in [1.165, 1.54) is 6.08 Å². The molecule has 0 N–H and O–H groups in total. The van der Waals surface area contributed by atoms with E-state index in [9.17, 15) is 18.0 Å². The fourth-order valence-corrected chi connectivity index (χ4v) is 1.03. The highest BCUT2D eigenvalue weighted by molar-refractivity contribution is 5.40. The minimum Gasteiger partial charge on any atom is -0.211 e. The van der Waals surface area contributed by atoms with E-state index in [0.717, 1.165) is 12.2 Å². The first-order chi connectivity index (χ1) is 6.04. The predicted molar refractivity (Wildman–Crippen MR) is 39.6 cm³/mol. The quantitative estimate of drug-likeness (QED) is 0.460. The number of allylic oxidation sites excluding steroid dienone is 4. The summed E-state index contributed by atoms with van der Waals surface area (Å²) < 4.78 is 36.3. The molecule has 0 aromatic heterocycles. The van der Waals surface area contributed by atoms with E-state index in [1.807, 2.05) is 0 Å². The number of carbonyl (C=O) groups excluding carboxylic acids is 1. The van der Waals surface area contributed by atoms with Crippen molar-refractivity contribution < 1.29 is 18.0 Å². The Bertz CT molecular complexity index is 308. The van der Waals surface area contributed by atoms with Crippen LogP contribution in [-0.4, -0.2) is 12.3 Å². The first kappa shape index (κ1) is 9.74. The molecule has 0 saturated heterocycles. The second-order valence-corrected chi connectivity index (χ2v) is 2.53. The summed E-state index contributed by atoms with van der Waals surface area (Å²) in [5, 5.41) is 0. The third-order valence-electron chi connectivity index (χ3n) is 1.60. The molecule has 0 atom stereocenters. The summed E-state index contributed by atoms with van der Waals surface area (Å²) in [5.74, 6) is 0. The molecule has 5 heteroatoms. The highest BCUT2D eigenvalue weighted by Crippen LogP contribution is 2.31. The molecule has 0 fully saturated rings. The molecule has 0 aromatic carbocycles. The van der Waals surface area contributed by atoms with E-state index in [0.29, 0.717) is 6.42 Å². The average Bonchev–Trinajstić information content (AvgIpc) is 2.04. The van der Waals surface area contributed by atoms with Gasteiger partial charge in [0.2, 0.25) is 6.08 Å². The number of rotatable bonds is 1. The Kier molecular flexibility index (Phi) is 2.68. The SMILES string of the molecule is O=C=NC1=CC(C(F)(F)F)=CCC1. The molecule has 70 valence electrons. The van der Waals surface area contributed by atoms with Crippen LogP contribution in [0.5, 0.6) is 0 Å². The molecule has 0 heterocycles. The molecule has 1 aliphatic carbocycles. The molecule has 0 amide bonds. The maximum Gasteiger partial charge on any atom is 0.416 e. The predicted octanol–water partition coefficient (Wildman–Crippen LogP) is 2.49. The molecule has 0 radical (unpaired) electrons. The Balaban J connectivity index is 2.91. The first-order valence-corrected chi connectivity index (χ1v) is 3.60. The molecular weight excluding hydrogens is 183 g/mol. The summed E-state index contributed by atoms with van der Waals surface area (Å²) in [5.41, 5.74) is -0.613. The van der Waals surface area contributed by atoms with Gasteiger partial charge in [-0.2, -0.15) is 18.2 Å². The highest BCUT2D eigenvalue weighted by Gasteiger charge is 2.33. The third-order valence-corrected chi connectivity index (χ3v) is 1.60. The lowest BCUT2D eigenvalue weighted by molar-refractivity contribution is -0.0887. The van der Waals surface area contributed by atoms with Crippen LogP contribution in [0.3, 0.4) is 0 Å². The topological polar surface area (TPSA) is 29.4 Å². The number of halogens is 3. The number of alkyl halides is 3. The summed E-state index contributed by atoms with van der Waals surface area (Å²) in [7, 11) is 0. The van der Waals surface area contributed by atoms with Crippen molar-refractivity contribution in [3.63, 3.8) is 0 Å². The van der Waals surface area contributed by atoms with E-state index in [4.69, 9.17) is 0 Å². The Hall–Kier alpha value is -1.35. The zero-order valence-corrected chi connectivity index (χ0v) is 6.56. The van der Waals surface area contributed by atoms with E-state index >= 15 is 0 Å². The molecule has 0 aromatic rings. The normalized spacial score (nSPS) is 17.2. The number of nitrogens with zero attached hydrogens (tertiary/aromatic N) is 1. The molecule has 2 nitrogen and oxygen atoms in total. The summed E-state index contributed by atoms with van der Waals surface area (Å²) in [6.07, 6.45) is -0.567. The van der Waals surface area contributed by atoms with Gasteiger partial charge < -0.3 is 0 Å². The average molecular weight is 189 g/mol. The van der Waals surface area contributed by atoms with Gasteiger partial charge in [0.25, 0.3) is 0 Å². The Morgan fingerprint density at radius 1 is 1.46 bits per heavy atom. The lowest BCUT2D eigenvalue weighted by Crippen LogP contribution is -2.12. The van der Waals surface area contributed by atoms with Crippen molar-refractivity contribution in [2.45, 2.75) is 19.0 Å². The Morgan fingerprint density at radius 2 is 2.15 bits per heavy atom. The van der Waals surface area contributed by atoms with Gasteiger partial charge in [0, 0.05) is 0 Å². The van der Waals surface area contributed by atoms with Gasteiger partial charge in [-0.05, 0) is 18.9 Å². The lowest BCUT2D eigenvalue weighted by Gasteiger charge is -2.12. The van der Waals surface area contributed by atoms with Crippen LogP contribution in [-0.2, 0) is 4.79 Å². The summed E-state index contributed by atoms with van der Waals surface area (Å²) >= 11 is 0. The largest absolute Gasteiger partial charge is 0.416 e. The maximum absolute atomic E-state index is 12.1. The molecular formula is C8H6F3NO. The highest BCUT2D eigenvalue weighted by atomic mass is 19.4. The molecule has 1 rings (SSSR count). The van der Waals surface area contributed by atoms with Gasteiger partial charge in [0.05, 0.1) is 11.3 Å². The van der Waals surface area contributed by atoms with Gasteiger partial charge in [-0.3, -0.25) is 0 Å². The van der Waals surface area contributed by atoms with E-state index in [2.05, 4.69) is 4.99 Å². The van der Waals surface area contributed by atoms with Gasteiger partial charge in [-0.25, -0.2) is 4.79 Å². The Morgan fingerprint density at radius 3 is 2.69 bits per heavy atom. The van der Waals surface area contributed by atoms with Gasteiger partial charge in [-0.15, -0.1) is 0 Å². The smallest absolute Gasteiger partial charge is 0.211 e. The van der Waals surface area contributed by atoms with Crippen LogP contribution in [0.1, 0.15) is 12.8 Å². The zero-order chi connectivity index (χ0) is 9.90. The second-order valence-electron chi connectivity index (χ2n) is 2.53. The third kappa shape index (κ3) is 2.56. The van der Waals surface area contributed by atoms with E-state index < -0.39 is 11.7 Å². The van der Waals surface area contributed by atoms with Crippen molar-refractivity contribution in [1.82, 2.24) is 0 Å². The van der Waals surface area contributed by atoms with Crippen molar-refractivity contribution in [2.24, 2.45) is 4.99 Å². The van der Waals surface area contributed by atoms with Gasteiger partial charge in [-0.1, -0.05) is 6.08 Å². The number of hydrogen-bond donors (Lipinski definition) is 0. The molecule has 0 bridgehead atoms. The van der Waals surface area contributed by atoms with Crippen molar-refractivity contribution in [1.29, 1.82) is 0 Å². The Labute approximate surface area is 72.5 Å². The minimum atomic E-state index is -4.36. The molecule has 0 unspecified atom stereocenters. The van der Waals surface area contributed by atoms with Gasteiger partial charge >= 0.3 is 6.18 Å². The van der Waals surface area contributed by atoms with Gasteiger partial charge in [0.15, 0.2) is 0 Å². The van der Waals surface area contributed by atoms with Crippen molar-refractivity contribution in [3.05, 3.63) is 23.4 Å². The van der Waals surface area contributed by atoms with Crippen LogP contribution in [0.15, 0.2) is 28.4 Å². The lowest BCUT2D eigenvalue weighted by atomic mass is 10.0. The van der Waals surface area contributed by atoms with Gasteiger partial charge in [0.1, 0.15) is 0 Å². The maximum atomic E-state index is 12.1. The monoisotopic (exact) mass is 189 g/mol. The molecule has 0 spiro atoms. The summed E-state index contributed by atoms with van der Waals surface area (Å²) in [4.78, 5) is 13.0. The fourth-order valence-electron chi connectivity index (χ4n) is 1.03. The van der Waals surface area contributed by atoms with Crippen molar-refractivity contribution in [2.75, 3.05) is 0 Å². The fraction of sp³-hybridized carbons (Fsp3) is 0.375. The summed E-state index contributed by atoms with van der Waals surface area (Å²) in [6.45, 7) is 0. The van der Waals surface area contributed by atoms with Crippen LogP contribution in [0, 0.1) is 0 Å². The first-order valence-electron chi connectivity index (χ1n) is 3.60. The van der Waals surface area contributed by atoms with Crippen LogP contribution >= 0.6 is 0 Å².